The molecule has 1 spiro atoms. The number of carboxylic acids is 2. The molecule has 1 amide bonds. The van der Waals surface area contributed by atoms with Crippen LogP contribution in [0.3, 0.4) is 0 Å². The fourth-order valence-electron chi connectivity index (χ4n) is 6.13. The summed E-state index contributed by atoms with van der Waals surface area (Å²) in [5, 5.41) is 26.2. The molecule has 270 valence electrons. The Morgan fingerprint density at radius 1 is 0.902 bits per heavy atom. The number of nitrogens with zero attached hydrogens (tertiary/aromatic N) is 3. The van der Waals surface area contributed by atoms with Gasteiger partial charge < -0.3 is 20.4 Å². The smallest absolute Gasteiger partial charge is 0.475 e. The van der Waals surface area contributed by atoms with Crippen molar-refractivity contribution in [1.82, 2.24) is 20.0 Å². The van der Waals surface area contributed by atoms with Gasteiger partial charge in [-0.25, -0.2) is 9.59 Å². The van der Waals surface area contributed by atoms with E-state index in [0.29, 0.717) is 0 Å². The first-order valence-electron chi connectivity index (χ1n) is 15.7. The van der Waals surface area contributed by atoms with Crippen LogP contribution in [-0.2, 0) is 26.3 Å². The minimum Gasteiger partial charge on any atom is -0.475 e. The molecule has 0 radical (unpaired) electrons. The van der Waals surface area contributed by atoms with Gasteiger partial charge in [0, 0.05) is 49.7 Å². The van der Waals surface area contributed by atoms with Crippen LogP contribution in [0.15, 0.2) is 66.7 Å². The van der Waals surface area contributed by atoms with Gasteiger partial charge in [-0.2, -0.15) is 31.4 Å². The van der Waals surface area contributed by atoms with Gasteiger partial charge in [0.2, 0.25) is 5.91 Å². The van der Waals surface area contributed by atoms with E-state index in [0.717, 1.165) is 67.0 Å². The van der Waals surface area contributed by atoms with Gasteiger partial charge in [0.1, 0.15) is 0 Å². The number of aromatic nitrogens is 2. The zero-order valence-electron chi connectivity index (χ0n) is 27.1. The quantitative estimate of drug-likeness (QED) is 0.181. The van der Waals surface area contributed by atoms with Gasteiger partial charge in [-0.05, 0) is 53.9 Å². The van der Waals surface area contributed by atoms with Gasteiger partial charge in [0.25, 0.3) is 0 Å². The first kappa shape index (κ1) is 37.0. The van der Waals surface area contributed by atoms with E-state index < -0.39 is 29.7 Å². The maximum atomic E-state index is 12.9. The van der Waals surface area contributed by atoms with Gasteiger partial charge in [-0.15, -0.1) is 0 Å². The highest BCUT2D eigenvalue weighted by molar-refractivity contribution is 6.09. The third kappa shape index (κ3) is 8.57. The number of carboxylic acid groups (broad SMARTS) is 2. The molecule has 3 aliphatic rings. The summed E-state index contributed by atoms with van der Waals surface area (Å²) in [6.45, 7) is 5.57. The molecule has 1 aliphatic carbocycles. The number of para-hydroxylation sites is 1. The molecule has 3 aromatic carbocycles. The SMILES string of the molecule is CN1CCN(Cc2ccc(/C=C/c3n[nH]c4cc([C@@H]5C[C@@]56C(=O)Nc5ccccc56)ccc34)cc2)CC1.O=C(O)C(F)(F)F.O=C(O)C(F)(F)F. The fourth-order valence-corrected chi connectivity index (χ4v) is 6.13. The highest BCUT2D eigenvalue weighted by Crippen LogP contribution is 2.65. The van der Waals surface area contributed by atoms with Crippen LogP contribution in [0.25, 0.3) is 23.1 Å². The molecule has 4 aromatic rings. The van der Waals surface area contributed by atoms with E-state index in [4.69, 9.17) is 19.8 Å². The lowest BCUT2D eigenvalue weighted by Crippen LogP contribution is -2.43. The van der Waals surface area contributed by atoms with Crippen LogP contribution >= 0.6 is 0 Å². The summed E-state index contributed by atoms with van der Waals surface area (Å²) < 4.78 is 63.5. The number of amides is 1. The third-order valence-electron chi connectivity index (χ3n) is 8.94. The Morgan fingerprint density at radius 2 is 1.51 bits per heavy atom. The third-order valence-corrected chi connectivity index (χ3v) is 8.94. The molecule has 7 rings (SSSR count). The predicted molar refractivity (Wildman–Crippen MR) is 176 cm³/mol. The Kier molecular flexibility index (Phi) is 10.6. The average molecular weight is 718 g/mol. The Balaban J connectivity index is 0.000000307. The lowest BCUT2D eigenvalue weighted by atomic mass is 9.92. The number of H-pyrrole nitrogens is 1. The minimum absolute atomic E-state index is 0.126. The fraction of sp³-hybridized carbons (Fsp3) is 0.314. The zero-order chi connectivity index (χ0) is 37.1. The molecule has 10 nitrogen and oxygen atoms in total. The highest BCUT2D eigenvalue weighted by atomic mass is 19.4. The number of halogens is 6. The van der Waals surface area contributed by atoms with Gasteiger partial charge in [-0.3, -0.25) is 14.8 Å². The van der Waals surface area contributed by atoms with Crippen molar-refractivity contribution in [2.45, 2.75) is 36.7 Å². The van der Waals surface area contributed by atoms with Crippen molar-refractivity contribution < 1.29 is 50.9 Å². The molecule has 0 unspecified atom stereocenters. The molecule has 1 saturated carbocycles. The largest absolute Gasteiger partial charge is 0.490 e. The highest BCUT2D eigenvalue weighted by Gasteiger charge is 2.65. The van der Waals surface area contributed by atoms with Gasteiger partial charge >= 0.3 is 24.3 Å². The van der Waals surface area contributed by atoms with Crippen molar-refractivity contribution in [3.05, 3.63) is 94.7 Å². The van der Waals surface area contributed by atoms with Crippen LogP contribution in [0.4, 0.5) is 32.0 Å². The zero-order valence-corrected chi connectivity index (χ0v) is 27.1. The number of likely N-dealkylation sites (N-methyl/N-ethyl adjacent to an activating group) is 1. The number of aromatic amines is 1. The van der Waals surface area contributed by atoms with Crippen molar-refractivity contribution >= 4 is 46.6 Å². The molecule has 2 atom stereocenters. The van der Waals surface area contributed by atoms with Crippen molar-refractivity contribution in [2.24, 2.45) is 0 Å². The van der Waals surface area contributed by atoms with E-state index in [2.05, 4.69) is 93.0 Å². The lowest BCUT2D eigenvalue weighted by Gasteiger charge is -2.32. The molecule has 1 aromatic heterocycles. The van der Waals surface area contributed by atoms with Crippen LogP contribution in [0, 0.1) is 0 Å². The van der Waals surface area contributed by atoms with Gasteiger partial charge in [0.05, 0.1) is 16.6 Å². The summed E-state index contributed by atoms with van der Waals surface area (Å²) >= 11 is 0. The first-order valence-corrected chi connectivity index (χ1v) is 15.7. The Labute approximate surface area is 287 Å². The Bertz CT molecular complexity index is 1910. The van der Waals surface area contributed by atoms with Crippen LogP contribution in [0.5, 0.6) is 0 Å². The van der Waals surface area contributed by atoms with Crippen LogP contribution in [0.1, 0.15) is 40.3 Å². The summed E-state index contributed by atoms with van der Waals surface area (Å²) in [6, 6.07) is 23.4. The second-order valence-corrected chi connectivity index (χ2v) is 12.4. The van der Waals surface area contributed by atoms with Crippen molar-refractivity contribution in [1.29, 1.82) is 0 Å². The molecule has 2 aliphatic heterocycles. The van der Waals surface area contributed by atoms with E-state index in [1.165, 1.54) is 16.7 Å². The summed E-state index contributed by atoms with van der Waals surface area (Å²) in [5.41, 5.74) is 7.33. The number of aliphatic carboxylic acids is 2. The van der Waals surface area contributed by atoms with Crippen LogP contribution in [0.2, 0.25) is 0 Å². The maximum absolute atomic E-state index is 12.9. The van der Waals surface area contributed by atoms with E-state index in [1.54, 1.807) is 0 Å². The number of carbonyl (C=O) groups is 3. The second-order valence-electron chi connectivity index (χ2n) is 12.4. The van der Waals surface area contributed by atoms with Crippen LogP contribution in [-0.4, -0.2) is 93.6 Å². The van der Waals surface area contributed by atoms with Gasteiger partial charge in [0.15, 0.2) is 0 Å². The molecule has 4 N–H and O–H groups in total. The number of carbonyl (C=O) groups excluding carboxylic acids is 1. The average Bonchev–Trinajstić information content (AvgIpc) is 3.61. The number of piperazine rings is 1. The molecular formula is C35H33F6N5O5. The normalized spacial score (nSPS) is 20.3. The molecule has 16 heteroatoms. The topological polar surface area (TPSA) is 139 Å². The van der Waals surface area contributed by atoms with Crippen molar-refractivity contribution in [2.75, 3.05) is 38.5 Å². The van der Waals surface area contributed by atoms with E-state index >= 15 is 0 Å². The first-order chi connectivity index (χ1) is 24.0. The number of nitrogens with one attached hydrogen (secondary N) is 2. The number of fused-ring (bicyclic) bond motifs is 3. The Hall–Kier alpha value is -5.22. The molecule has 3 heterocycles. The van der Waals surface area contributed by atoms with E-state index in [-0.39, 0.29) is 11.8 Å². The number of alkyl halides is 6. The van der Waals surface area contributed by atoms with E-state index in [1.807, 2.05) is 18.2 Å². The summed E-state index contributed by atoms with van der Waals surface area (Å²) in [7, 11) is 2.19. The minimum atomic E-state index is -5.08. The second kappa shape index (κ2) is 14.6. The van der Waals surface area contributed by atoms with Gasteiger partial charge in [-0.1, -0.05) is 60.7 Å². The summed E-state index contributed by atoms with van der Waals surface area (Å²) in [6.07, 6.45) is -5.11. The van der Waals surface area contributed by atoms with E-state index in [9.17, 15) is 31.1 Å². The summed E-state index contributed by atoms with van der Waals surface area (Å²) in [4.78, 5) is 35.6. The monoisotopic (exact) mass is 717 g/mol. The lowest BCUT2D eigenvalue weighted by molar-refractivity contribution is -0.193. The van der Waals surface area contributed by atoms with Crippen LogP contribution < -0.4 is 5.32 Å². The predicted octanol–water partition coefficient (Wildman–Crippen LogP) is 6.12. The number of rotatable bonds is 5. The number of hydrogen-bond donors (Lipinski definition) is 4. The Morgan fingerprint density at radius 3 is 2.12 bits per heavy atom. The van der Waals surface area contributed by atoms with Crippen molar-refractivity contribution in [3.63, 3.8) is 0 Å². The molecule has 0 bridgehead atoms. The number of anilines is 1. The standard InChI is InChI=1S/C31H31N5O.2C2HF3O2/c1-35-14-16-36(17-15-35)20-22-8-6-21(7-9-22)10-13-27-24-12-11-23(18-29(24)34-33-27)26-19-31(26)25-4-2-3-5-28(25)32-30(31)37;2*3-2(4,5)1(6)7/h2-13,18,26H,14-17,19-20H2,1H3,(H,32,37)(H,33,34);2*(H,6,7)/b13-10+;;/t26-,31-;;/m0../s1. The molecular weight excluding hydrogens is 684 g/mol. The van der Waals surface area contributed by atoms with Crippen molar-refractivity contribution in [3.8, 4) is 0 Å². The molecule has 2 fully saturated rings. The maximum Gasteiger partial charge on any atom is 0.490 e. The number of hydrogen-bond acceptors (Lipinski definition) is 6. The number of benzene rings is 3. The molecule has 51 heavy (non-hydrogen) atoms. The molecule has 1 saturated heterocycles. The summed E-state index contributed by atoms with van der Waals surface area (Å²) in [5.74, 6) is -5.19.